The lowest BCUT2D eigenvalue weighted by atomic mass is 9.41. The molecule has 0 radical (unpaired) electrons. The molecule has 7 aliphatic heterocycles. The molecule has 98 heavy (non-hydrogen) atoms. The minimum Gasteiger partial charge on any atom is -0.458 e. The van der Waals surface area contributed by atoms with Crippen LogP contribution in [-0.4, -0.2) is 323 Å². The zero-order valence-corrected chi connectivity index (χ0v) is 56.8. The number of carbonyl (C=O) groups is 2. The Morgan fingerprint density at radius 1 is 0.541 bits per heavy atom. The fourth-order valence-corrected chi connectivity index (χ4v) is 18.9. The summed E-state index contributed by atoms with van der Waals surface area (Å²) in [6.45, 7) is 12.2. The monoisotopic (exact) mass is 1410 g/mol. The summed E-state index contributed by atoms with van der Waals surface area (Å²) >= 11 is 0. The van der Waals surface area contributed by atoms with E-state index in [2.05, 4.69) is 47.6 Å². The third kappa shape index (κ3) is 13.1. The van der Waals surface area contributed by atoms with Gasteiger partial charge in [-0.05, 0) is 92.8 Å². The number of methoxy groups -OCH3 is 1. The zero-order valence-electron chi connectivity index (χ0n) is 56.8. The van der Waals surface area contributed by atoms with Gasteiger partial charge in [-0.1, -0.05) is 59.6 Å². The molecule has 10 fully saturated rings. The molecule has 37 atom stereocenters. The molecule has 37 unspecified atom stereocenters. The van der Waals surface area contributed by atoms with Crippen molar-refractivity contribution in [2.45, 2.75) is 303 Å². The van der Waals surface area contributed by atoms with E-state index in [1.54, 1.807) is 0 Å². The number of aliphatic hydroxyl groups is 16. The van der Waals surface area contributed by atoms with Gasteiger partial charge in [-0.2, -0.15) is 0 Å². The summed E-state index contributed by atoms with van der Waals surface area (Å²) in [5.41, 5.74) is -2.56. The van der Waals surface area contributed by atoms with Gasteiger partial charge in [0, 0.05) is 13.5 Å². The Balaban J connectivity index is 0.835. The molecule has 7 saturated heterocycles. The Morgan fingerprint density at radius 2 is 1.04 bits per heavy atom. The molecule has 0 aromatic carbocycles. The number of cyclic esters (lactones) is 1. The maximum Gasteiger partial charge on any atom is 0.314 e. The molecule has 32 heteroatoms. The molecule has 11 aliphatic rings. The van der Waals surface area contributed by atoms with E-state index in [-0.39, 0.29) is 30.0 Å². The minimum absolute atomic E-state index is 0.0656. The first kappa shape index (κ1) is 76.8. The summed E-state index contributed by atoms with van der Waals surface area (Å²) in [6, 6.07) is 0. The zero-order chi connectivity index (χ0) is 71.4. The number of ketones is 1. The summed E-state index contributed by atoms with van der Waals surface area (Å²) in [7, 11) is 1.17. The van der Waals surface area contributed by atoms with Gasteiger partial charge in [-0.15, -0.1) is 0 Å². The van der Waals surface area contributed by atoms with E-state index in [9.17, 15) is 91.3 Å². The molecule has 11 rings (SSSR count). The highest BCUT2D eigenvalue weighted by Crippen LogP contribution is 2.75. The number of allylic oxidation sites excluding steroid dienone is 2. The van der Waals surface area contributed by atoms with E-state index in [1.165, 1.54) is 19.6 Å². The largest absolute Gasteiger partial charge is 0.458 e. The Kier molecular flexibility index (Phi) is 23.2. The molecular weight excluding hydrogens is 1300 g/mol. The maximum atomic E-state index is 14.6. The van der Waals surface area contributed by atoms with Crippen LogP contribution in [0.15, 0.2) is 11.6 Å². The Bertz CT molecular complexity index is 2760. The van der Waals surface area contributed by atoms with Crippen molar-refractivity contribution in [2.75, 3.05) is 40.1 Å². The third-order valence-corrected chi connectivity index (χ3v) is 24.3. The molecule has 0 aromatic rings. The van der Waals surface area contributed by atoms with Crippen LogP contribution in [0.25, 0.3) is 0 Å². The molecule has 7 heterocycles. The first-order chi connectivity index (χ1) is 46.2. The van der Waals surface area contributed by atoms with E-state index in [0.29, 0.717) is 44.4 Å². The average Bonchev–Trinajstić information content (AvgIpc) is 1.47. The summed E-state index contributed by atoms with van der Waals surface area (Å²) < 4.78 is 84.4. The Morgan fingerprint density at radius 3 is 1.60 bits per heavy atom. The van der Waals surface area contributed by atoms with Crippen LogP contribution in [0.2, 0.25) is 0 Å². The molecule has 0 aromatic heterocycles. The van der Waals surface area contributed by atoms with Crippen molar-refractivity contribution in [2.24, 2.45) is 45.3 Å². The van der Waals surface area contributed by atoms with Crippen molar-refractivity contribution in [3.8, 4) is 0 Å². The number of Topliss-reactive ketones (excluding diaryl/α,β-unsaturated/α-hetero) is 1. The van der Waals surface area contributed by atoms with Crippen molar-refractivity contribution in [3.63, 3.8) is 0 Å². The lowest BCUT2D eigenvalue weighted by Gasteiger charge is -2.63. The second-order valence-electron chi connectivity index (χ2n) is 30.9. The van der Waals surface area contributed by atoms with Gasteiger partial charge < -0.3 is 148 Å². The number of esters is 1. The van der Waals surface area contributed by atoms with E-state index < -0.39 is 250 Å². The molecular formula is C66H106O32. The van der Waals surface area contributed by atoms with E-state index in [4.69, 9.17) is 66.3 Å². The van der Waals surface area contributed by atoms with Gasteiger partial charge in [0.15, 0.2) is 37.7 Å². The lowest BCUT2D eigenvalue weighted by molar-refractivity contribution is -0.397. The molecule has 4 aliphatic carbocycles. The van der Waals surface area contributed by atoms with Crippen molar-refractivity contribution >= 4 is 11.8 Å². The highest BCUT2D eigenvalue weighted by molar-refractivity contribution is 5.99. The van der Waals surface area contributed by atoms with Gasteiger partial charge in [-0.3, -0.25) is 9.59 Å². The average molecular weight is 1410 g/mol. The summed E-state index contributed by atoms with van der Waals surface area (Å²) in [5, 5.41) is 177. The number of ether oxygens (including phenoxy) is 14. The SMILES string of the molecule is COC1C(O)C(CO)OC(OC2C(O)C(CO)OC(OC3C(C)OC(OC4C(OC5CCC6(C)C7=CCC89C(=O)OC(C)(CCCC(C)C)C8C(=O)CC9(C)C7CCC6C5(C)C)OCC(OC5OC(CO)C(O)C(OC6OC(CO)C(O)C(O)C6O)C5O)C4O)C(O)C3O)C2O)C1O. The fraction of sp³-hybridized carbons (Fsp3) is 0.939. The molecule has 0 amide bonds. The molecule has 16 N–H and O–H groups in total. The van der Waals surface area contributed by atoms with E-state index >= 15 is 0 Å². The van der Waals surface area contributed by atoms with Gasteiger partial charge in [0.2, 0.25) is 0 Å². The Labute approximate surface area is 567 Å². The van der Waals surface area contributed by atoms with Crippen molar-refractivity contribution in [3.05, 3.63) is 11.6 Å². The van der Waals surface area contributed by atoms with Crippen LogP contribution in [0.4, 0.5) is 0 Å². The van der Waals surface area contributed by atoms with Crippen molar-refractivity contribution < 1.29 is 158 Å². The van der Waals surface area contributed by atoms with Gasteiger partial charge in [0.05, 0.1) is 56.6 Å². The Hall–Kier alpha value is -2.28. The standard InChI is InChI=1S/C66H106O32/c1-25(2)11-10-16-65(8)54-29(71)19-64(7)28-12-13-35-62(4,5)36(15-17-63(35,6)27(28)14-18-66(54,64)61(84)98-65)93-60-53(41(76)34(24-86-60)92-57-47(82)51(39(74)32(22-69)89-57)95-56-44(79)42(77)37(72)30(20-67)88-56)97-55-45(80)43(78)49(26(3)87-55)94-59-48(83)52(40(75)33(23-70)91-59)96-58-46(81)50(85-9)38(73)31(21-68)90-58/h14,25-26,28,30-60,67-70,72-83H,10-13,15-24H2,1-9H3. The molecule has 1 spiro atoms. The van der Waals surface area contributed by atoms with Crippen LogP contribution in [0.1, 0.15) is 113 Å². The van der Waals surface area contributed by atoms with E-state index in [1.807, 2.05) is 6.92 Å². The first-order valence-corrected chi connectivity index (χ1v) is 34.6. The fourth-order valence-electron chi connectivity index (χ4n) is 18.9. The number of carbonyl (C=O) groups excluding carboxylic acids is 2. The van der Waals surface area contributed by atoms with Crippen molar-refractivity contribution in [1.29, 1.82) is 0 Å². The normalized spacial score (nSPS) is 52.6. The highest BCUT2D eigenvalue weighted by Gasteiger charge is 2.79. The summed E-state index contributed by atoms with van der Waals surface area (Å²) in [4.78, 5) is 29.1. The van der Waals surface area contributed by atoms with Crippen LogP contribution >= 0.6 is 0 Å². The van der Waals surface area contributed by atoms with Gasteiger partial charge in [0.1, 0.15) is 146 Å². The summed E-state index contributed by atoms with van der Waals surface area (Å²) in [6.07, 6.45) is -43.9. The number of aliphatic hydroxyl groups excluding tert-OH is 16. The van der Waals surface area contributed by atoms with E-state index in [0.717, 1.165) is 12.8 Å². The number of hydrogen-bond acceptors (Lipinski definition) is 32. The molecule has 3 saturated carbocycles. The van der Waals surface area contributed by atoms with Gasteiger partial charge in [-0.25, -0.2) is 0 Å². The number of fused-ring (bicyclic) bond motifs is 4. The smallest absolute Gasteiger partial charge is 0.314 e. The number of hydrogen-bond donors (Lipinski definition) is 16. The summed E-state index contributed by atoms with van der Waals surface area (Å²) in [5.74, 6) is -0.520. The predicted molar refractivity (Wildman–Crippen MR) is 326 cm³/mol. The maximum absolute atomic E-state index is 14.6. The second-order valence-corrected chi connectivity index (χ2v) is 30.9. The molecule has 0 bridgehead atoms. The van der Waals surface area contributed by atoms with Crippen LogP contribution in [-0.2, 0) is 75.9 Å². The molecule has 562 valence electrons. The van der Waals surface area contributed by atoms with Crippen LogP contribution < -0.4 is 0 Å². The van der Waals surface area contributed by atoms with Gasteiger partial charge >= 0.3 is 5.97 Å². The van der Waals surface area contributed by atoms with Crippen LogP contribution in [0.3, 0.4) is 0 Å². The topological polar surface area (TPSA) is 487 Å². The number of rotatable bonds is 21. The third-order valence-electron chi connectivity index (χ3n) is 24.3. The lowest BCUT2D eigenvalue weighted by Crippen LogP contribution is -2.67. The molecule has 32 nitrogen and oxygen atoms in total. The van der Waals surface area contributed by atoms with Gasteiger partial charge in [0.25, 0.3) is 0 Å². The first-order valence-electron chi connectivity index (χ1n) is 34.6. The minimum atomic E-state index is -2.09. The predicted octanol–water partition coefficient (Wildman–Crippen LogP) is -4.48. The second kappa shape index (κ2) is 29.6. The quantitative estimate of drug-likeness (QED) is 0.0293. The van der Waals surface area contributed by atoms with Crippen LogP contribution in [0.5, 0.6) is 0 Å². The van der Waals surface area contributed by atoms with Crippen molar-refractivity contribution in [1.82, 2.24) is 0 Å². The van der Waals surface area contributed by atoms with Crippen LogP contribution in [0, 0.1) is 45.3 Å². The highest BCUT2D eigenvalue weighted by atomic mass is 16.8.